The molecule has 0 spiro atoms. The van der Waals surface area contributed by atoms with Crippen LogP contribution in [0.1, 0.15) is 59.8 Å². The number of amides is 2. The van der Waals surface area contributed by atoms with Gasteiger partial charge >= 0.3 is 0 Å². The molecule has 0 unspecified atom stereocenters. The molecule has 0 saturated heterocycles. The van der Waals surface area contributed by atoms with E-state index in [9.17, 15) is 19.5 Å². The van der Waals surface area contributed by atoms with E-state index in [0.717, 1.165) is 42.5 Å². The van der Waals surface area contributed by atoms with E-state index in [4.69, 9.17) is 5.73 Å². The fourth-order valence-electron chi connectivity index (χ4n) is 4.03. The van der Waals surface area contributed by atoms with Crippen LogP contribution in [0.15, 0.2) is 0 Å². The number of nitrogens with two attached hydrogens (primary N) is 1. The summed E-state index contributed by atoms with van der Waals surface area (Å²) in [5.74, 6) is -2.89. The Morgan fingerprint density at radius 3 is 2.48 bits per heavy atom. The molecule has 1 aromatic heterocycles. The lowest BCUT2D eigenvalue weighted by atomic mass is 9.78. The summed E-state index contributed by atoms with van der Waals surface area (Å²) in [5, 5.41) is 14.6. The van der Waals surface area contributed by atoms with Crippen molar-refractivity contribution >= 4 is 34.1 Å². The Bertz CT molecular complexity index is 712. The molecule has 1 aromatic rings. The second-order valence-corrected chi connectivity index (χ2v) is 8.33. The minimum Gasteiger partial charge on any atom is -0.550 e. The Kier molecular flexibility index (Phi) is 5.13. The minimum absolute atomic E-state index is 0.344. The van der Waals surface area contributed by atoms with Gasteiger partial charge in [-0.1, -0.05) is 19.8 Å². The molecule has 0 bridgehead atoms. The SMILES string of the molecule is C[C@@H]1CCc2c(sc(NC(=O)[C@H]3CCCC[C@@H]3C(=O)[O-])c2C(N)=O)C1. The first-order valence-electron chi connectivity index (χ1n) is 8.84. The van der Waals surface area contributed by atoms with Gasteiger partial charge in [-0.25, -0.2) is 0 Å². The van der Waals surface area contributed by atoms with Crippen LogP contribution in [0.2, 0.25) is 0 Å². The number of anilines is 1. The lowest BCUT2D eigenvalue weighted by molar-refractivity contribution is -0.313. The van der Waals surface area contributed by atoms with Gasteiger partial charge in [-0.3, -0.25) is 9.59 Å². The summed E-state index contributed by atoms with van der Waals surface area (Å²) in [6.07, 6.45) is 5.25. The molecule has 3 atom stereocenters. The maximum atomic E-state index is 12.7. The topological polar surface area (TPSA) is 112 Å². The number of primary amides is 1. The van der Waals surface area contributed by atoms with Crippen LogP contribution in [0.5, 0.6) is 0 Å². The fourth-order valence-corrected chi connectivity index (χ4v) is 5.45. The van der Waals surface area contributed by atoms with Gasteiger partial charge in [-0.05, 0) is 43.6 Å². The van der Waals surface area contributed by atoms with Crippen molar-refractivity contribution in [3.8, 4) is 0 Å². The molecular weight excluding hydrogens is 340 g/mol. The Labute approximate surface area is 150 Å². The first-order valence-corrected chi connectivity index (χ1v) is 9.66. The van der Waals surface area contributed by atoms with Crippen LogP contribution < -0.4 is 16.2 Å². The van der Waals surface area contributed by atoms with E-state index in [-0.39, 0.29) is 5.91 Å². The van der Waals surface area contributed by atoms with Crippen molar-refractivity contribution < 1.29 is 19.5 Å². The lowest BCUT2D eigenvalue weighted by Crippen LogP contribution is -2.42. The highest BCUT2D eigenvalue weighted by atomic mass is 32.1. The molecule has 2 aliphatic carbocycles. The third-order valence-electron chi connectivity index (χ3n) is 5.40. The third-order valence-corrected chi connectivity index (χ3v) is 6.57. The quantitative estimate of drug-likeness (QED) is 0.843. The molecule has 25 heavy (non-hydrogen) atoms. The number of thiophene rings is 1. The largest absolute Gasteiger partial charge is 0.550 e. The second-order valence-electron chi connectivity index (χ2n) is 7.23. The van der Waals surface area contributed by atoms with Crippen molar-refractivity contribution in [1.29, 1.82) is 0 Å². The monoisotopic (exact) mass is 363 g/mol. The van der Waals surface area contributed by atoms with Crippen molar-refractivity contribution in [2.75, 3.05) is 5.32 Å². The molecule has 3 N–H and O–H groups in total. The number of carbonyl (C=O) groups is 3. The molecule has 6 nitrogen and oxygen atoms in total. The van der Waals surface area contributed by atoms with E-state index in [2.05, 4.69) is 12.2 Å². The van der Waals surface area contributed by atoms with Gasteiger partial charge in [0.15, 0.2) is 0 Å². The molecule has 3 rings (SSSR count). The number of hydrogen-bond donors (Lipinski definition) is 2. The van der Waals surface area contributed by atoms with Crippen LogP contribution in [0.3, 0.4) is 0 Å². The molecule has 2 aliphatic rings. The van der Waals surface area contributed by atoms with Gasteiger partial charge < -0.3 is 21.0 Å². The highest BCUT2D eigenvalue weighted by molar-refractivity contribution is 7.17. The molecule has 7 heteroatoms. The fraction of sp³-hybridized carbons (Fsp3) is 0.611. The smallest absolute Gasteiger partial charge is 0.251 e. The highest BCUT2D eigenvalue weighted by Crippen LogP contribution is 2.40. The number of carbonyl (C=O) groups excluding carboxylic acids is 3. The number of hydrogen-bond acceptors (Lipinski definition) is 5. The van der Waals surface area contributed by atoms with Crippen LogP contribution >= 0.6 is 11.3 Å². The summed E-state index contributed by atoms with van der Waals surface area (Å²) >= 11 is 1.40. The highest BCUT2D eigenvalue weighted by Gasteiger charge is 2.34. The summed E-state index contributed by atoms with van der Waals surface area (Å²) in [7, 11) is 0. The van der Waals surface area contributed by atoms with Crippen LogP contribution in [-0.2, 0) is 22.4 Å². The predicted molar refractivity (Wildman–Crippen MR) is 93.1 cm³/mol. The average Bonchev–Trinajstić information content (AvgIpc) is 2.91. The van der Waals surface area contributed by atoms with Gasteiger partial charge in [0.2, 0.25) is 5.91 Å². The zero-order valence-electron chi connectivity index (χ0n) is 14.3. The Balaban J connectivity index is 1.86. The average molecular weight is 363 g/mol. The van der Waals surface area contributed by atoms with Crippen molar-refractivity contribution in [1.82, 2.24) is 0 Å². The van der Waals surface area contributed by atoms with E-state index >= 15 is 0 Å². The molecule has 0 radical (unpaired) electrons. The first-order chi connectivity index (χ1) is 11.9. The normalized spacial score (nSPS) is 25.9. The molecule has 1 saturated carbocycles. The van der Waals surface area contributed by atoms with Gasteiger partial charge in [0.1, 0.15) is 5.00 Å². The van der Waals surface area contributed by atoms with E-state index in [0.29, 0.717) is 29.3 Å². The number of rotatable bonds is 4. The summed E-state index contributed by atoms with van der Waals surface area (Å²) < 4.78 is 0. The summed E-state index contributed by atoms with van der Waals surface area (Å²) in [6, 6.07) is 0. The van der Waals surface area contributed by atoms with E-state index in [1.54, 1.807) is 0 Å². The molecule has 1 fully saturated rings. The molecule has 2 amide bonds. The molecule has 0 aliphatic heterocycles. The van der Waals surface area contributed by atoms with Crippen molar-refractivity contribution in [2.24, 2.45) is 23.5 Å². The molecule has 136 valence electrons. The number of fused-ring (bicyclic) bond motifs is 1. The maximum Gasteiger partial charge on any atom is 0.251 e. The first kappa shape index (κ1) is 17.9. The zero-order valence-corrected chi connectivity index (χ0v) is 15.1. The van der Waals surface area contributed by atoms with Crippen molar-refractivity contribution in [3.05, 3.63) is 16.0 Å². The van der Waals surface area contributed by atoms with Gasteiger partial charge in [0, 0.05) is 22.7 Å². The van der Waals surface area contributed by atoms with Gasteiger partial charge in [-0.15, -0.1) is 11.3 Å². The number of carboxylic acids is 1. The van der Waals surface area contributed by atoms with Crippen LogP contribution in [-0.4, -0.2) is 17.8 Å². The van der Waals surface area contributed by atoms with Crippen LogP contribution in [0, 0.1) is 17.8 Å². The predicted octanol–water partition coefficient (Wildman–Crippen LogP) is 1.47. The lowest BCUT2D eigenvalue weighted by Gasteiger charge is -2.31. The van der Waals surface area contributed by atoms with Gasteiger partial charge in [0.25, 0.3) is 5.91 Å². The van der Waals surface area contributed by atoms with Gasteiger partial charge in [0.05, 0.1) is 5.56 Å². The third kappa shape index (κ3) is 3.56. The van der Waals surface area contributed by atoms with E-state index in [1.165, 1.54) is 11.3 Å². The maximum absolute atomic E-state index is 12.7. The van der Waals surface area contributed by atoms with Crippen molar-refractivity contribution in [2.45, 2.75) is 51.9 Å². The van der Waals surface area contributed by atoms with E-state index in [1.807, 2.05) is 0 Å². The Morgan fingerprint density at radius 2 is 1.84 bits per heavy atom. The van der Waals surface area contributed by atoms with Gasteiger partial charge in [-0.2, -0.15) is 0 Å². The molecule has 1 heterocycles. The summed E-state index contributed by atoms with van der Waals surface area (Å²) in [6.45, 7) is 2.16. The molecule has 0 aromatic carbocycles. The zero-order chi connectivity index (χ0) is 18.1. The Morgan fingerprint density at radius 1 is 1.16 bits per heavy atom. The summed E-state index contributed by atoms with van der Waals surface area (Å²) in [4.78, 5) is 37.1. The number of aliphatic carboxylic acids is 1. The van der Waals surface area contributed by atoms with Crippen LogP contribution in [0.4, 0.5) is 5.00 Å². The second kappa shape index (κ2) is 7.15. The van der Waals surface area contributed by atoms with Crippen molar-refractivity contribution in [3.63, 3.8) is 0 Å². The van der Waals surface area contributed by atoms with E-state index < -0.39 is 23.7 Å². The standard InChI is InChI=1S/C18H24N2O4S/c1-9-6-7-12-13(8-9)25-17(14(12)15(19)21)20-16(22)10-4-2-3-5-11(10)18(23)24/h9-11H,2-8H2,1H3,(H2,19,21)(H,20,22)(H,23,24)/p-1/t9-,10+,11+/m1/s1. The number of nitrogens with one attached hydrogen (secondary N) is 1. The summed E-state index contributed by atoms with van der Waals surface area (Å²) in [5.41, 5.74) is 6.91. The minimum atomic E-state index is -1.17. The van der Waals surface area contributed by atoms with Crippen LogP contribution in [0.25, 0.3) is 0 Å². The molecular formula is C18H23N2O4S-. The Hall–Kier alpha value is -1.89. The number of carboxylic acid groups (broad SMARTS) is 1.